The molecule has 1 aliphatic heterocycles. The number of rotatable bonds is 7. The van der Waals surface area contributed by atoms with Crippen LogP contribution < -0.4 is 10.6 Å². The summed E-state index contributed by atoms with van der Waals surface area (Å²) in [5.41, 5.74) is 0.158. The van der Waals surface area contributed by atoms with Gasteiger partial charge in [-0.2, -0.15) is 0 Å². The Kier molecular flexibility index (Phi) is 7.45. The summed E-state index contributed by atoms with van der Waals surface area (Å²) in [6.45, 7) is 3.23. The number of benzene rings is 2. The Hall–Kier alpha value is -2.41. The highest BCUT2D eigenvalue weighted by molar-refractivity contribution is 5.75. The number of nitrogens with one attached hydrogen (secondary N) is 2. The van der Waals surface area contributed by atoms with Gasteiger partial charge in [0.15, 0.2) is 6.29 Å². The summed E-state index contributed by atoms with van der Waals surface area (Å²) in [6.07, 6.45) is 4.89. The third kappa shape index (κ3) is 5.31. The summed E-state index contributed by atoms with van der Waals surface area (Å²) in [7, 11) is 0. The van der Waals surface area contributed by atoms with Crippen LogP contribution in [0, 0.1) is 5.92 Å². The van der Waals surface area contributed by atoms with Crippen molar-refractivity contribution in [1.29, 1.82) is 0 Å². The maximum absolute atomic E-state index is 12.8. The molecular weight excluding hydrogens is 404 g/mol. The van der Waals surface area contributed by atoms with Crippen molar-refractivity contribution in [2.75, 3.05) is 13.2 Å². The van der Waals surface area contributed by atoms with Crippen molar-refractivity contribution in [2.45, 2.75) is 63.0 Å². The lowest BCUT2D eigenvalue weighted by atomic mass is 9.81. The van der Waals surface area contributed by atoms with E-state index in [1.807, 2.05) is 67.6 Å². The Bertz CT molecular complexity index is 807. The van der Waals surface area contributed by atoms with Gasteiger partial charge in [-0.15, -0.1) is 0 Å². The molecule has 0 bridgehead atoms. The molecule has 1 aliphatic carbocycles. The first-order valence-electron chi connectivity index (χ1n) is 11.7. The van der Waals surface area contributed by atoms with Gasteiger partial charge in [0.1, 0.15) is 5.60 Å². The lowest BCUT2D eigenvalue weighted by Gasteiger charge is -2.36. The van der Waals surface area contributed by atoms with Crippen LogP contribution >= 0.6 is 0 Å². The van der Waals surface area contributed by atoms with Gasteiger partial charge in [0, 0.05) is 12.5 Å². The molecule has 3 N–H and O–H groups in total. The highest BCUT2D eigenvalue weighted by Gasteiger charge is 2.38. The molecule has 1 saturated heterocycles. The summed E-state index contributed by atoms with van der Waals surface area (Å²) in [5.74, 6) is 0.583. The minimum absolute atomic E-state index is 0.0534. The molecule has 1 atom stereocenters. The number of carbonyl (C=O) groups excluding carboxylic acids is 1. The van der Waals surface area contributed by atoms with E-state index >= 15 is 0 Å². The monoisotopic (exact) mass is 438 g/mol. The van der Waals surface area contributed by atoms with E-state index < -0.39 is 11.6 Å². The molecule has 2 aromatic rings. The van der Waals surface area contributed by atoms with E-state index in [9.17, 15) is 9.90 Å². The molecule has 2 amide bonds. The number of amides is 2. The Morgan fingerprint density at radius 1 is 0.969 bits per heavy atom. The maximum atomic E-state index is 12.8. The van der Waals surface area contributed by atoms with Crippen molar-refractivity contribution in [1.82, 2.24) is 10.6 Å². The molecule has 0 radical (unpaired) electrons. The highest BCUT2D eigenvalue weighted by Crippen LogP contribution is 2.33. The first-order valence-corrected chi connectivity index (χ1v) is 11.7. The average Bonchev–Trinajstić information content (AvgIpc) is 3.34. The van der Waals surface area contributed by atoms with Crippen LogP contribution in [0.2, 0.25) is 0 Å². The zero-order valence-electron chi connectivity index (χ0n) is 18.7. The van der Waals surface area contributed by atoms with Gasteiger partial charge in [-0.3, -0.25) is 0 Å². The summed E-state index contributed by atoms with van der Waals surface area (Å²) in [5, 5.41) is 17.9. The molecule has 0 aromatic heterocycles. The summed E-state index contributed by atoms with van der Waals surface area (Å²) in [4.78, 5) is 12.8. The molecule has 1 saturated carbocycles. The van der Waals surface area contributed by atoms with Gasteiger partial charge in [0.25, 0.3) is 0 Å². The van der Waals surface area contributed by atoms with Crippen molar-refractivity contribution in [2.24, 2.45) is 5.92 Å². The largest absolute Gasteiger partial charge is 0.378 e. The number of hydrogen-bond acceptors (Lipinski definition) is 4. The molecule has 6 heteroatoms. The van der Waals surface area contributed by atoms with E-state index in [1.54, 1.807) is 0 Å². The number of hydrogen-bond donors (Lipinski definition) is 3. The number of ether oxygens (including phenoxy) is 2. The van der Waals surface area contributed by atoms with Gasteiger partial charge in [-0.1, -0.05) is 60.7 Å². The van der Waals surface area contributed by atoms with E-state index in [2.05, 4.69) is 10.6 Å². The topological polar surface area (TPSA) is 79.8 Å². The van der Waals surface area contributed by atoms with Crippen LogP contribution in [0.3, 0.4) is 0 Å². The van der Waals surface area contributed by atoms with Gasteiger partial charge in [0.05, 0.1) is 19.3 Å². The zero-order valence-corrected chi connectivity index (χ0v) is 18.7. The average molecular weight is 439 g/mol. The number of aliphatic hydroxyl groups is 1. The van der Waals surface area contributed by atoms with Crippen molar-refractivity contribution >= 4 is 6.03 Å². The lowest BCUT2D eigenvalue weighted by Crippen LogP contribution is -2.54. The van der Waals surface area contributed by atoms with E-state index in [0.717, 1.165) is 43.2 Å². The molecule has 2 aromatic carbocycles. The van der Waals surface area contributed by atoms with Gasteiger partial charge >= 0.3 is 6.03 Å². The van der Waals surface area contributed by atoms with E-state index in [4.69, 9.17) is 9.47 Å². The van der Waals surface area contributed by atoms with Gasteiger partial charge < -0.3 is 25.2 Å². The second-order valence-electron chi connectivity index (χ2n) is 8.96. The normalized spacial score (nSPS) is 22.9. The van der Waals surface area contributed by atoms with Crippen LogP contribution in [-0.2, 0) is 15.1 Å². The Morgan fingerprint density at radius 2 is 1.50 bits per heavy atom. The fourth-order valence-corrected chi connectivity index (χ4v) is 4.94. The zero-order chi connectivity index (χ0) is 22.4. The third-order valence-corrected chi connectivity index (χ3v) is 6.80. The van der Waals surface area contributed by atoms with E-state index in [-0.39, 0.29) is 18.4 Å². The number of carbonyl (C=O) groups is 1. The van der Waals surface area contributed by atoms with Crippen LogP contribution in [0.15, 0.2) is 60.7 Å². The van der Waals surface area contributed by atoms with Crippen LogP contribution in [0.4, 0.5) is 4.79 Å². The third-order valence-electron chi connectivity index (χ3n) is 6.80. The van der Waals surface area contributed by atoms with Crippen LogP contribution in [-0.4, -0.2) is 42.7 Å². The molecule has 2 fully saturated rings. The fourth-order valence-electron chi connectivity index (χ4n) is 4.94. The molecule has 1 heterocycles. The molecule has 1 unspecified atom stereocenters. The molecule has 4 rings (SSSR count). The maximum Gasteiger partial charge on any atom is 0.315 e. The quantitative estimate of drug-likeness (QED) is 0.612. The fraction of sp³-hybridized carbons (Fsp3) is 0.500. The van der Waals surface area contributed by atoms with Crippen molar-refractivity contribution in [3.63, 3.8) is 0 Å². The predicted molar refractivity (Wildman–Crippen MR) is 123 cm³/mol. The standard InChI is InChI=1S/C26H34N2O4/c1-19(26(30,21-8-4-2-5-9-21)22-10-6-3-7-11-22)27-25(29)28-23-14-12-20(13-15-23)18-24-31-16-17-32-24/h2-11,19-20,23-24,30H,12-18H2,1H3,(H2,27,28,29). The second-order valence-corrected chi connectivity index (χ2v) is 8.96. The summed E-state index contributed by atoms with van der Waals surface area (Å²) < 4.78 is 11.1. The first kappa shape index (κ1) is 22.8. The molecule has 2 aliphatic rings. The molecule has 32 heavy (non-hydrogen) atoms. The molecule has 6 nitrogen and oxygen atoms in total. The Labute approximate surface area is 190 Å². The van der Waals surface area contributed by atoms with E-state index in [0.29, 0.717) is 19.1 Å². The van der Waals surface area contributed by atoms with Crippen LogP contribution in [0.25, 0.3) is 0 Å². The minimum Gasteiger partial charge on any atom is -0.378 e. The van der Waals surface area contributed by atoms with Gasteiger partial charge in [-0.25, -0.2) is 4.79 Å². The van der Waals surface area contributed by atoms with Crippen LogP contribution in [0.1, 0.15) is 50.2 Å². The van der Waals surface area contributed by atoms with E-state index in [1.165, 1.54) is 0 Å². The Balaban J connectivity index is 1.34. The SMILES string of the molecule is CC(NC(=O)NC1CCC(CC2OCCO2)CC1)C(O)(c1ccccc1)c1ccccc1. The minimum atomic E-state index is -1.33. The summed E-state index contributed by atoms with van der Waals surface area (Å²) >= 11 is 0. The predicted octanol–water partition coefficient (Wildman–Crippen LogP) is 3.93. The lowest BCUT2D eigenvalue weighted by molar-refractivity contribution is -0.0601. The van der Waals surface area contributed by atoms with Crippen molar-refractivity contribution < 1.29 is 19.4 Å². The summed E-state index contributed by atoms with van der Waals surface area (Å²) in [6, 6.07) is 18.4. The van der Waals surface area contributed by atoms with Crippen molar-refractivity contribution in [3.8, 4) is 0 Å². The molecule has 172 valence electrons. The molecule has 0 spiro atoms. The van der Waals surface area contributed by atoms with Gasteiger partial charge in [0.2, 0.25) is 0 Å². The first-order chi connectivity index (χ1) is 15.6. The molecular formula is C26H34N2O4. The highest BCUT2D eigenvalue weighted by atomic mass is 16.7. The Morgan fingerprint density at radius 3 is 2.03 bits per heavy atom. The number of urea groups is 1. The van der Waals surface area contributed by atoms with Crippen LogP contribution in [0.5, 0.6) is 0 Å². The smallest absolute Gasteiger partial charge is 0.315 e. The van der Waals surface area contributed by atoms with Crippen molar-refractivity contribution in [3.05, 3.63) is 71.8 Å². The van der Waals surface area contributed by atoms with Gasteiger partial charge in [-0.05, 0) is 49.7 Å². The second kappa shape index (κ2) is 10.5.